The molecule has 0 atom stereocenters. The normalized spacial score (nSPS) is 11.3. The van der Waals surface area contributed by atoms with Gasteiger partial charge < -0.3 is 4.74 Å². The van der Waals surface area contributed by atoms with Crippen molar-refractivity contribution in [2.75, 3.05) is 0 Å². The van der Waals surface area contributed by atoms with Crippen molar-refractivity contribution in [2.45, 2.75) is 12.5 Å². The summed E-state index contributed by atoms with van der Waals surface area (Å²) in [5.74, 6) is 0.520. The van der Waals surface area contributed by atoms with Crippen LogP contribution in [0.2, 0.25) is 0 Å². The summed E-state index contributed by atoms with van der Waals surface area (Å²) in [7, 11) is 0. The molecule has 2 heterocycles. The highest BCUT2D eigenvalue weighted by molar-refractivity contribution is 5.72. The van der Waals surface area contributed by atoms with Crippen LogP contribution >= 0.6 is 0 Å². The van der Waals surface area contributed by atoms with E-state index in [0.717, 1.165) is 16.7 Å². The maximum atomic E-state index is 12.6. The van der Waals surface area contributed by atoms with Crippen LogP contribution < -0.4 is 4.74 Å². The number of ether oxygens (including phenoxy) is 1. The van der Waals surface area contributed by atoms with Crippen molar-refractivity contribution in [3.8, 4) is 6.01 Å². The predicted molar refractivity (Wildman–Crippen MR) is 123 cm³/mol. The number of carbonyl (C=O) groups is 1. The zero-order valence-corrected chi connectivity index (χ0v) is 17.9. The molecular weight excluding hydrogens is 414 g/mol. The Bertz CT molecular complexity index is 1260. The molecule has 0 aliphatic carbocycles. The van der Waals surface area contributed by atoms with E-state index in [4.69, 9.17) is 4.74 Å². The summed E-state index contributed by atoms with van der Waals surface area (Å²) in [5.41, 5.74) is 2.16. The second-order valence-corrected chi connectivity index (χ2v) is 7.49. The first kappa shape index (κ1) is 20.4. The van der Waals surface area contributed by atoms with Crippen LogP contribution in [-0.2, 0) is 5.54 Å². The van der Waals surface area contributed by atoms with Crippen molar-refractivity contribution >= 4 is 6.09 Å². The van der Waals surface area contributed by atoms with E-state index in [9.17, 15) is 4.79 Å². The van der Waals surface area contributed by atoms with E-state index in [1.807, 2.05) is 54.6 Å². The average Bonchev–Trinajstić information content (AvgIpc) is 3.51. The van der Waals surface area contributed by atoms with Gasteiger partial charge in [-0.05, 0) is 23.6 Å². The summed E-state index contributed by atoms with van der Waals surface area (Å²) in [5, 5.41) is 4.62. The van der Waals surface area contributed by atoms with Crippen LogP contribution in [-0.4, -0.2) is 30.4 Å². The second kappa shape index (κ2) is 8.55. The van der Waals surface area contributed by atoms with Crippen LogP contribution in [0.4, 0.5) is 4.79 Å². The summed E-state index contributed by atoms with van der Waals surface area (Å²) in [6, 6.07) is 30.2. The molecular formula is C26H21N5O2. The minimum Gasteiger partial charge on any atom is -0.372 e. The SMILES string of the molecule is Cc1nccn1C(=O)Oc1ncn(C(c2ccccc2)(c2ccccc2)c2ccccc2)n1. The molecule has 0 saturated carbocycles. The third-order valence-electron chi connectivity index (χ3n) is 5.59. The van der Waals surface area contributed by atoms with Gasteiger partial charge in [0.2, 0.25) is 0 Å². The Kier molecular flexibility index (Phi) is 5.28. The lowest BCUT2D eigenvalue weighted by molar-refractivity contribution is 0.197. The largest absolute Gasteiger partial charge is 0.427 e. The van der Waals surface area contributed by atoms with E-state index >= 15 is 0 Å². The fourth-order valence-corrected chi connectivity index (χ4v) is 4.09. The van der Waals surface area contributed by atoms with Gasteiger partial charge in [-0.15, -0.1) is 5.10 Å². The molecule has 2 aromatic heterocycles. The van der Waals surface area contributed by atoms with Crippen LogP contribution in [0.15, 0.2) is 110 Å². The molecule has 0 aliphatic heterocycles. The smallest absolute Gasteiger partial charge is 0.372 e. The van der Waals surface area contributed by atoms with E-state index in [1.165, 1.54) is 17.0 Å². The maximum Gasteiger partial charge on any atom is 0.427 e. The van der Waals surface area contributed by atoms with Crippen LogP contribution in [0.5, 0.6) is 6.01 Å². The standard InChI is InChI=1S/C26H21N5O2/c1-20-27-17-18-30(20)25(32)33-24-28-19-31(29-24)26(21-11-5-2-6-12-21,22-13-7-3-8-14-22)23-15-9-4-10-16-23/h2-19H,1H3. The van der Waals surface area contributed by atoms with Gasteiger partial charge in [0.1, 0.15) is 17.7 Å². The molecule has 0 spiro atoms. The fourth-order valence-electron chi connectivity index (χ4n) is 4.09. The number of hydrogen-bond acceptors (Lipinski definition) is 5. The van der Waals surface area contributed by atoms with Gasteiger partial charge in [-0.1, -0.05) is 91.0 Å². The van der Waals surface area contributed by atoms with E-state index in [0.29, 0.717) is 5.82 Å². The highest BCUT2D eigenvalue weighted by Crippen LogP contribution is 2.40. The fraction of sp³-hybridized carbons (Fsp3) is 0.0769. The first-order chi connectivity index (χ1) is 16.2. The van der Waals surface area contributed by atoms with E-state index < -0.39 is 11.6 Å². The quantitative estimate of drug-likeness (QED) is 0.375. The number of nitrogens with zero attached hydrogens (tertiary/aromatic N) is 5. The van der Waals surface area contributed by atoms with Gasteiger partial charge in [0, 0.05) is 12.4 Å². The zero-order valence-electron chi connectivity index (χ0n) is 17.9. The molecule has 0 unspecified atom stereocenters. The van der Waals surface area contributed by atoms with Gasteiger partial charge in [0.05, 0.1) is 0 Å². The van der Waals surface area contributed by atoms with Gasteiger partial charge in [-0.25, -0.2) is 19.0 Å². The Labute approximate surface area is 190 Å². The highest BCUT2D eigenvalue weighted by atomic mass is 16.6. The molecule has 162 valence electrons. The molecule has 7 heteroatoms. The monoisotopic (exact) mass is 435 g/mol. The summed E-state index contributed by atoms with van der Waals surface area (Å²) in [6.07, 6.45) is 4.05. The topological polar surface area (TPSA) is 74.8 Å². The van der Waals surface area contributed by atoms with Crippen LogP contribution in [0.3, 0.4) is 0 Å². The van der Waals surface area contributed by atoms with Crippen LogP contribution in [0, 0.1) is 6.92 Å². The molecule has 0 saturated heterocycles. The summed E-state index contributed by atoms with van der Waals surface area (Å²) < 4.78 is 8.52. The zero-order chi connectivity index (χ0) is 22.7. The summed E-state index contributed by atoms with van der Waals surface area (Å²) in [4.78, 5) is 20.9. The molecule has 0 amide bonds. The van der Waals surface area contributed by atoms with E-state index in [1.54, 1.807) is 17.9 Å². The Balaban J connectivity index is 1.68. The molecule has 7 nitrogen and oxygen atoms in total. The third-order valence-corrected chi connectivity index (χ3v) is 5.59. The Morgan fingerprint density at radius 2 is 1.30 bits per heavy atom. The molecule has 33 heavy (non-hydrogen) atoms. The first-order valence-electron chi connectivity index (χ1n) is 10.5. The number of aromatic nitrogens is 5. The van der Waals surface area contributed by atoms with Gasteiger partial charge in [-0.2, -0.15) is 4.98 Å². The highest BCUT2D eigenvalue weighted by Gasteiger charge is 2.40. The Morgan fingerprint density at radius 3 is 1.76 bits per heavy atom. The number of aryl methyl sites for hydroxylation is 1. The lowest BCUT2D eigenvalue weighted by Crippen LogP contribution is -2.38. The molecule has 0 radical (unpaired) electrons. The van der Waals surface area contributed by atoms with Crippen molar-refractivity contribution in [3.05, 3.63) is 132 Å². The lowest BCUT2D eigenvalue weighted by atomic mass is 9.77. The average molecular weight is 435 g/mol. The van der Waals surface area contributed by atoms with Crippen LogP contribution in [0.1, 0.15) is 22.5 Å². The maximum absolute atomic E-state index is 12.6. The number of carbonyl (C=O) groups excluding carboxylic acids is 1. The lowest BCUT2D eigenvalue weighted by Gasteiger charge is -2.35. The molecule has 3 aromatic carbocycles. The molecule has 0 bridgehead atoms. The van der Waals surface area contributed by atoms with Crippen molar-refractivity contribution in [3.63, 3.8) is 0 Å². The Morgan fingerprint density at radius 1 is 0.788 bits per heavy atom. The van der Waals surface area contributed by atoms with Crippen molar-refractivity contribution in [1.29, 1.82) is 0 Å². The van der Waals surface area contributed by atoms with Gasteiger partial charge in [-0.3, -0.25) is 0 Å². The summed E-state index contributed by atoms with van der Waals surface area (Å²) in [6.45, 7) is 1.72. The molecule has 0 fully saturated rings. The Hall–Kier alpha value is -4.52. The van der Waals surface area contributed by atoms with E-state index in [2.05, 4.69) is 51.5 Å². The van der Waals surface area contributed by atoms with Crippen molar-refractivity contribution in [1.82, 2.24) is 24.3 Å². The summed E-state index contributed by atoms with van der Waals surface area (Å²) >= 11 is 0. The van der Waals surface area contributed by atoms with Gasteiger partial charge in [0.15, 0.2) is 0 Å². The van der Waals surface area contributed by atoms with Gasteiger partial charge in [0.25, 0.3) is 0 Å². The second-order valence-electron chi connectivity index (χ2n) is 7.49. The van der Waals surface area contributed by atoms with E-state index in [-0.39, 0.29) is 6.01 Å². The number of rotatable bonds is 5. The minimum atomic E-state index is -0.827. The molecule has 0 N–H and O–H groups in total. The van der Waals surface area contributed by atoms with Crippen molar-refractivity contribution < 1.29 is 9.53 Å². The minimum absolute atomic E-state index is 0.0414. The van der Waals surface area contributed by atoms with Crippen molar-refractivity contribution in [2.24, 2.45) is 0 Å². The first-order valence-corrected chi connectivity index (χ1v) is 10.5. The number of imidazole rings is 1. The number of hydrogen-bond donors (Lipinski definition) is 0. The molecule has 5 rings (SSSR count). The molecule has 5 aromatic rings. The number of benzene rings is 3. The predicted octanol–water partition coefficient (Wildman–Crippen LogP) is 4.67. The van der Waals surface area contributed by atoms with Gasteiger partial charge >= 0.3 is 12.1 Å². The van der Waals surface area contributed by atoms with Crippen LogP contribution in [0.25, 0.3) is 0 Å². The third kappa shape index (κ3) is 3.59. The molecule has 0 aliphatic rings.